The number of fused-ring (bicyclic) bond motifs is 1. The fourth-order valence-electron chi connectivity index (χ4n) is 3.12. The molecule has 1 saturated carbocycles. The van der Waals surface area contributed by atoms with Crippen molar-refractivity contribution in [1.82, 2.24) is 9.78 Å². The van der Waals surface area contributed by atoms with Crippen LogP contribution in [-0.2, 0) is 6.18 Å². The largest absolute Gasteiger partial charge is 0.435 e. The molecule has 3 nitrogen and oxygen atoms in total. The first-order valence-corrected chi connectivity index (χ1v) is 6.93. The van der Waals surface area contributed by atoms with Crippen molar-refractivity contribution in [2.45, 2.75) is 56.2 Å². The highest BCUT2D eigenvalue weighted by Crippen LogP contribution is 2.45. The summed E-state index contributed by atoms with van der Waals surface area (Å²) in [6.45, 7) is 0. The topological polar surface area (TPSA) is 34.9 Å². The number of carbonyl (C=O) groups excluding carboxylic acids is 1. The number of hydrogen-bond donors (Lipinski definition) is 0. The Hall–Kier alpha value is -1.61. The molecular weight excluding hydrogens is 333 g/mol. The standard InChI is InChI=1S/C13H11F7N2O/c14-5-2-1-4(3-6(5)15)22-10-7(11(23)9(17)8(10)16)12(21-22)13(18,19)20/h4-6,8-9H,1-3H2/t4-,5-,6+,8+,9-/m1/s1. The van der Waals surface area contributed by atoms with E-state index in [9.17, 15) is 35.5 Å². The van der Waals surface area contributed by atoms with E-state index in [1.165, 1.54) is 0 Å². The fraction of sp³-hybridized carbons (Fsp3) is 0.692. The van der Waals surface area contributed by atoms with E-state index in [1.54, 1.807) is 0 Å². The normalized spacial score (nSPS) is 34.7. The summed E-state index contributed by atoms with van der Waals surface area (Å²) in [4.78, 5) is 11.6. The molecule has 128 valence electrons. The van der Waals surface area contributed by atoms with Gasteiger partial charge in [0.25, 0.3) is 0 Å². The molecule has 1 aromatic rings. The molecule has 0 saturated heterocycles. The second kappa shape index (κ2) is 5.20. The summed E-state index contributed by atoms with van der Waals surface area (Å²) < 4.78 is 93.6. The average Bonchev–Trinajstić information content (AvgIpc) is 2.96. The minimum atomic E-state index is -5.08. The molecule has 2 aliphatic carbocycles. The number of halogens is 7. The highest BCUT2D eigenvalue weighted by Gasteiger charge is 2.52. The average molecular weight is 344 g/mol. The van der Waals surface area contributed by atoms with E-state index in [2.05, 4.69) is 5.10 Å². The van der Waals surface area contributed by atoms with Crippen LogP contribution in [0.4, 0.5) is 30.7 Å². The third-order valence-electron chi connectivity index (χ3n) is 4.24. The monoisotopic (exact) mass is 344 g/mol. The first-order chi connectivity index (χ1) is 10.6. The summed E-state index contributed by atoms with van der Waals surface area (Å²) in [5.74, 6) is -1.62. The van der Waals surface area contributed by atoms with Crippen molar-refractivity contribution in [3.8, 4) is 0 Å². The Labute approximate surface area is 125 Å². The molecular formula is C13H11F7N2O. The molecule has 0 radical (unpaired) electrons. The molecule has 1 aromatic heterocycles. The van der Waals surface area contributed by atoms with Gasteiger partial charge in [-0.05, 0) is 12.8 Å². The number of rotatable bonds is 1. The highest BCUT2D eigenvalue weighted by atomic mass is 19.4. The zero-order valence-electron chi connectivity index (χ0n) is 11.5. The van der Waals surface area contributed by atoms with E-state index in [-0.39, 0.29) is 12.8 Å². The third kappa shape index (κ3) is 2.42. The summed E-state index contributed by atoms with van der Waals surface area (Å²) in [7, 11) is 0. The maximum absolute atomic E-state index is 14.0. The molecule has 0 bridgehead atoms. The van der Waals surface area contributed by atoms with Gasteiger partial charge in [0, 0.05) is 6.42 Å². The molecule has 3 rings (SSSR count). The van der Waals surface area contributed by atoms with Crippen LogP contribution in [0.3, 0.4) is 0 Å². The van der Waals surface area contributed by atoms with Gasteiger partial charge in [-0.25, -0.2) is 17.6 Å². The SMILES string of the molecule is O=C1c2c(C(F)(F)F)nn([C@@H]3CC[C@@H](F)[C@@H](F)C3)c2[C@@H](F)[C@H]1F. The van der Waals surface area contributed by atoms with E-state index in [0.29, 0.717) is 4.68 Å². The lowest BCUT2D eigenvalue weighted by Crippen LogP contribution is -2.30. The summed E-state index contributed by atoms with van der Waals surface area (Å²) in [5, 5.41) is 3.20. The lowest BCUT2D eigenvalue weighted by molar-refractivity contribution is -0.142. The molecule has 10 heteroatoms. The van der Waals surface area contributed by atoms with Gasteiger partial charge in [-0.1, -0.05) is 0 Å². The molecule has 0 spiro atoms. The lowest BCUT2D eigenvalue weighted by Gasteiger charge is -2.28. The van der Waals surface area contributed by atoms with E-state index < -0.39 is 66.1 Å². The maximum atomic E-state index is 14.0. The minimum Gasteiger partial charge on any atom is -0.291 e. The van der Waals surface area contributed by atoms with Crippen LogP contribution in [-0.4, -0.2) is 34.1 Å². The molecule has 2 aliphatic rings. The molecule has 0 aliphatic heterocycles. The Bertz CT molecular complexity index is 641. The number of ketones is 1. The first kappa shape index (κ1) is 16.3. The Morgan fingerprint density at radius 2 is 1.65 bits per heavy atom. The van der Waals surface area contributed by atoms with Gasteiger partial charge >= 0.3 is 6.18 Å². The predicted molar refractivity (Wildman–Crippen MR) is 63.0 cm³/mol. The highest BCUT2D eigenvalue weighted by molar-refractivity contribution is 6.05. The quantitative estimate of drug-likeness (QED) is 0.726. The van der Waals surface area contributed by atoms with Crippen molar-refractivity contribution < 1.29 is 35.5 Å². The van der Waals surface area contributed by atoms with Gasteiger partial charge in [-0.2, -0.15) is 18.3 Å². The van der Waals surface area contributed by atoms with Gasteiger partial charge in [0.15, 0.2) is 18.0 Å². The van der Waals surface area contributed by atoms with Gasteiger partial charge in [0.1, 0.15) is 12.3 Å². The molecule has 0 aromatic carbocycles. The molecule has 0 unspecified atom stereocenters. The predicted octanol–water partition coefficient (Wildman–Crippen LogP) is 3.85. The van der Waals surface area contributed by atoms with Crippen molar-refractivity contribution in [1.29, 1.82) is 0 Å². The van der Waals surface area contributed by atoms with Crippen LogP contribution in [0.25, 0.3) is 0 Å². The molecule has 23 heavy (non-hydrogen) atoms. The van der Waals surface area contributed by atoms with Crippen molar-refractivity contribution in [2.75, 3.05) is 0 Å². The van der Waals surface area contributed by atoms with Crippen molar-refractivity contribution in [3.05, 3.63) is 17.0 Å². The number of Topliss-reactive ketones (excluding diaryl/α,β-unsaturated/α-hetero) is 1. The second-order valence-electron chi connectivity index (χ2n) is 5.72. The van der Waals surface area contributed by atoms with Crippen LogP contribution in [0.15, 0.2) is 0 Å². The van der Waals surface area contributed by atoms with Gasteiger partial charge in [0.05, 0.1) is 17.3 Å². The van der Waals surface area contributed by atoms with Crippen molar-refractivity contribution in [2.24, 2.45) is 0 Å². The zero-order valence-corrected chi connectivity index (χ0v) is 11.5. The molecule has 5 atom stereocenters. The van der Waals surface area contributed by atoms with E-state index in [1.807, 2.05) is 0 Å². The third-order valence-corrected chi connectivity index (χ3v) is 4.24. The molecule has 1 fully saturated rings. The summed E-state index contributed by atoms with van der Waals surface area (Å²) >= 11 is 0. The van der Waals surface area contributed by atoms with E-state index in [4.69, 9.17) is 0 Å². The zero-order chi connectivity index (χ0) is 17.1. The summed E-state index contributed by atoms with van der Waals surface area (Å²) in [6.07, 6.45) is -15.0. The van der Waals surface area contributed by atoms with Gasteiger partial charge < -0.3 is 0 Å². The fourth-order valence-corrected chi connectivity index (χ4v) is 3.12. The number of nitrogens with zero attached hydrogens (tertiary/aromatic N) is 2. The van der Waals surface area contributed by atoms with Gasteiger partial charge in [-0.15, -0.1) is 0 Å². The van der Waals surface area contributed by atoms with Gasteiger partial charge in [0.2, 0.25) is 5.78 Å². The van der Waals surface area contributed by atoms with Crippen molar-refractivity contribution in [3.63, 3.8) is 0 Å². The molecule has 0 N–H and O–H groups in total. The van der Waals surface area contributed by atoms with Crippen LogP contribution in [0.5, 0.6) is 0 Å². The van der Waals surface area contributed by atoms with Crippen LogP contribution >= 0.6 is 0 Å². The van der Waals surface area contributed by atoms with Crippen molar-refractivity contribution >= 4 is 5.78 Å². The Morgan fingerprint density at radius 3 is 2.22 bits per heavy atom. The number of hydrogen-bond acceptors (Lipinski definition) is 2. The second-order valence-corrected chi connectivity index (χ2v) is 5.72. The van der Waals surface area contributed by atoms with Crippen LogP contribution in [0.2, 0.25) is 0 Å². The maximum Gasteiger partial charge on any atom is 0.435 e. The number of alkyl halides is 7. The number of carbonyl (C=O) groups is 1. The molecule has 0 amide bonds. The minimum absolute atomic E-state index is 0.0785. The Morgan fingerprint density at radius 1 is 1.00 bits per heavy atom. The Kier molecular flexibility index (Phi) is 3.68. The summed E-state index contributed by atoms with van der Waals surface area (Å²) in [6, 6.07) is -1.06. The summed E-state index contributed by atoms with van der Waals surface area (Å²) in [5.41, 5.74) is -3.65. The van der Waals surface area contributed by atoms with E-state index >= 15 is 0 Å². The smallest absolute Gasteiger partial charge is 0.291 e. The van der Waals surface area contributed by atoms with E-state index in [0.717, 1.165) is 0 Å². The van der Waals surface area contributed by atoms with Crippen LogP contribution in [0.1, 0.15) is 53.2 Å². The van der Waals surface area contributed by atoms with Gasteiger partial charge in [-0.3, -0.25) is 9.48 Å². The van der Waals surface area contributed by atoms with Crippen LogP contribution in [0, 0.1) is 0 Å². The Balaban J connectivity index is 2.09. The van der Waals surface area contributed by atoms with Crippen LogP contribution < -0.4 is 0 Å². The molecule has 1 heterocycles. The number of aromatic nitrogens is 2. The lowest BCUT2D eigenvalue weighted by atomic mass is 9.92. The first-order valence-electron chi connectivity index (χ1n) is 6.93.